The number of aliphatic hydroxyl groups excluding tert-OH is 1. The van der Waals surface area contributed by atoms with Crippen molar-refractivity contribution in [1.82, 2.24) is 0 Å². The zero-order valence-corrected chi connectivity index (χ0v) is 8.89. The first-order chi connectivity index (χ1) is 7.31. The SMILES string of the molecule is O=C(OCCCCO)C1CC2C=CC1C2. The highest BCUT2D eigenvalue weighted by atomic mass is 16.5. The standard InChI is InChI=1S/C12H18O3/c13-5-1-2-6-15-12(14)11-8-9-3-4-10(11)7-9/h3-4,9-11,13H,1-2,5-8H2. The maximum Gasteiger partial charge on any atom is 0.309 e. The summed E-state index contributed by atoms with van der Waals surface area (Å²) in [6.45, 7) is 0.630. The molecule has 3 atom stereocenters. The Hall–Kier alpha value is -0.830. The molecule has 84 valence electrons. The molecule has 1 saturated carbocycles. The van der Waals surface area contributed by atoms with E-state index in [1.165, 1.54) is 0 Å². The Labute approximate surface area is 90.1 Å². The Morgan fingerprint density at radius 2 is 2.20 bits per heavy atom. The molecule has 0 aromatic carbocycles. The van der Waals surface area contributed by atoms with E-state index in [-0.39, 0.29) is 18.5 Å². The molecule has 0 radical (unpaired) electrons. The average molecular weight is 210 g/mol. The molecule has 0 amide bonds. The van der Waals surface area contributed by atoms with E-state index in [2.05, 4.69) is 12.2 Å². The van der Waals surface area contributed by atoms with Crippen LogP contribution in [0.25, 0.3) is 0 Å². The lowest BCUT2D eigenvalue weighted by Gasteiger charge is -2.16. The van der Waals surface area contributed by atoms with Gasteiger partial charge in [-0.1, -0.05) is 12.2 Å². The lowest BCUT2D eigenvalue weighted by atomic mass is 9.94. The van der Waals surface area contributed by atoms with Crippen LogP contribution >= 0.6 is 0 Å². The lowest BCUT2D eigenvalue weighted by molar-refractivity contribution is -0.149. The van der Waals surface area contributed by atoms with Crippen LogP contribution in [0.5, 0.6) is 0 Å². The first-order valence-electron chi connectivity index (χ1n) is 5.77. The molecule has 15 heavy (non-hydrogen) atoms. The summed E-state index contributed by atoms with van der Waals surface area (Å²) in [6.07, 6.45) is 7.97. The maximum absolute atomic E-state index is 11.7. The molecule has 0 aromatic rings. The minimum atomic E-state index is -0.0372. The first kappa shape index (κ1) is 10.7. The number of rotatable bonds is 5. The van der Waals surface area contributed by atoms with Crippen LogP contribution in [0.4, 0.5) is 0 Å². The third-order valence-electron chi connectivity index (χ3n) is 3.38. The summed E-state index contributed by atoms with van der Waals surface area (Å²) in [5.74, 6) is 1.12. The first-order valence-corrected chi connectivity index (χ1v) is 5.77. The zero-order chi connectivity index (χ0) is 10.7. The van der Waals surface area contributed by atoms with Gasteiger partial charge >= 0.3 is 5.97 Å². The monoisotopic (exact) mass is 210 g/mol. The van der Waals surface area contributed by atoms with Crippen LogP contribution in [0, 0.1) is 17.8 Å². The van der Waals surface area contributed by atoms with Gasteiger partial charge in [-0.05, 0) is 37.5 Å². The van der Waals surface area contributed by atoms with E-state index in [1.54, 1.807) is 0 Å². The molecule has 3 nitrogen and oxygen atoms in total. The number of carbonyl (C=O) groups is 1. The Morgan fingerprint density at radius 1 is 1.33 bits per heavy atom. The van der Waals surface area contributed by atoms with Crippen molar-refractivity contribution in [3.8, 4) is 0 Å². The molecule has 3 heteroatoms. The molecule has 2 aliphatic carbocycles. The van der Waals surface area contributed by atoms with E-state index >= 15 is 0 Å². The molecule has 2 rings (SSSR count). The highest BCUT2D eigenvalue weighted by molar-refractivity contribution is 5.74. The van der Waals surface area contributed by atoms with Crippen molar-refractivity contribution in [2.45, 2.75) is 25.7 Å². The number of hydrogen-bond donors (Lipinski definition) is 1. The minimum absolute atomic E-state index is 0.0372. The summed E-state index contributed by atoms with van der Waals surface area (Å²) in [5, 5.41) is 8.58. The number of esters is 1. The summed E-state index contributed by atoms with van der Waals surface area (Å²) >= 11 is 0. The van der Waals surface area contributed by atoms with Crippen LogP contribution in [0.2, 0.25) is 0 Å². The summed E-state index contributed by atoms with van der Waals surface area (Å²) < 4.78 is 5.20. The largest absolute Gasteiger partial charge is 0.465 e. The van der Waals surface area contributed by atoms with Crippen molar-refractivity contribution in [1.29, 1.82) is 0 Å². The normalized spacial score (nSPS) is 32.2. The van der Waals surface area contributed by atoms with Crippen molar-refractivity contribution in [3.05, 3.63) is 12.2 Å². The molecule has 2 bridgehead atoms. The highest BCUT2D eigenvalue weighted by Gasteiger charge is 2.40. The quantitative estimate of drug-likeness (QED) is 0.425. The molecule has 1 fully saturated rings. The lowest BCUT2D eigenvalue weighted by Crippen LogP contribution is -2.22. The summed E-state index contributed by atoms with van der Waals surface area (Å²) in [7, 11) is 0. The fraction of sp³-hybridized carbons (Fsp3) is 0.750. The number of unbranched alkanes of at least 4 members (excludes halogenated alkanes) is 1. The number of hydrogen-bond acceptors (Lipinski definition) is 3. The van der Waals surface area contributed by atoms with Crippen molar-refractivity contribution >= 4 is 5.97 Å². The van der Waals surface area contributed by atoms with Crippen LogP contribution in [-0.4, -0.2) is 24.3 Å². The number of aliphatic hydroxyl groups is 1. The topological polar surface area (TPSA) is 46.5 Å². The Kier molecular flexibility index (Phi) is 3.41. The molecule has 2 aliphatic rings. The van der Waals surface area contributed by atoms with Crippen molar-refractivity contribution in [2.75, 3.05) is 13.2 Å². The van der Waals surface area contributed by atoms with Crippen LogP contribution in [0.15, 0.2) is 12.2 Å². The van der Waals surface area contributed by atoms with Gasteiger partial charge in [-0.15, -0.1) is 0 Å². The summed E-state index contributed by atoms with van der Waals surface area (Å²) in [5.41, 5.74) is 0. The van der Waals surface area contributed by atoms with E-state index in [0.29, 0.717) is 24.9 Å². The van der Waals surface area contributed by atoms with Crippen molar-refractivity contribution in [3.63, 3.8) is 0 Å². The van der Waals surface area contributed by atoms with E-state index in [4.69, 9.17) is 9.84 Å². The molecule has 0 aromatic heterocycles. The minimum Gasteiger partial charge on any atom is -0.465 e. The number of ether oxygens (including phenoxy) is 1. The maximum atomic E-state index is 11.7. The van der Waals surface area contributed by atoms with Gasteiger partial charge in [0.15, 0.2) is 0 Å². The second-order valence-electron chi connectivity index (χ2n) is 4.48. The average Bonchev–Trinajstić information content (AvgIpc) is 2.85. The smallest absolute Gasteiger partial charge is 0.309 e. The second kappa shape index (κ2) is 4.79. The fourth-order valence-corrected chi connectivity index (χ4v) is 2.55. The zero-order valence-electron chi connectivity index (χ0n) is 8.89. The third-order valence-corrected chi connectivity index (χ3v) is 3.38. The van der Waals surface area contributed by atoms with E-state index in [0.717, 1.165) is 19.3 Å². The van der Waals surface area contributed by atoms with Crippen LogP contribution < -0.4 is 0 Å². The van der Waals surface area contributed by atoms with Crippen LogP contribution in [0.1, 0.15) is 25.7 Å². The van der Waals surface area contributed by atoms with Gasteiger partial charge in [0.2, 0.25) is 0 Å². The van der Waals surface area contributed by atoms with Gasteiger partial charge in [0, 0.05) is 6.61 Å². The van der Waals surface area contributed by atoms with Gasteiger partial charge in [-0.3, -0.25) is 4.79 Å². The fourth-order valence-electron chi connectivity index (χ4n) is 2.55. The predicted octanol–water partition coefficient (Wildman–Crippen LogP) is 1.51. The summed E-state index contributed by atoms with van der Waals surface area (Å²) in [6, 6.07) is 0. The number of fused-ring (bicyclic) bond motifs is 2. The Morgan fingerprint density at radius 3 is 2.80 bits per heavy atom. The molecule has 0 heterocycles. The third kappa shape index (κ3) is 2.40. The van der Waals surface area contributed by atoms with E-state index < -0.39 is 0 Å². The summed E-state index contributed by atoms with van der Waals surface area (Å²) in [4.78, 5) is 11.7. The van der Waals surface area contributed by atoms with Gasteiger partial charge in [0.05, 0.1) is 12.5 Å². The molecular formula is C12H18O3. The van der Waals surface area contributed by atoms with Crippen molar-refractivity contribution in [2.24, 2.45) is 17.8 Å². The van der Waals surface area contributed by atoms with Gasteiger partial charge in [-0.25, -0.2) is 0 Å². The van der Waals surface area contributed by atoms with Gasteiger partial charge in [-0.2, -0.15) is 0 Å². The van der Waals surface area contributed by atoms with Crippen LogP contribution in [0.3, 0.4) is 0 Å². The number of carbonyl (C=O) groups excluding carboxylic acids is 1. The number of allylic oxidation sites excluding steroid dienone is 2. The van der Waals surface area contributed by atoms with Gasteiger partial charge in [0.1, 0.15) is 0 Å². The highest BCUT2D eigenvalue weighted by Crippen LogP contribution is 2.43. The molecule has 0 spiro atoms. The second-order valence-corrected chi connectivity index (χ2v) is 4.48. The Balaban J connectivity index is 1.70. The molecule has 0 aliphatic heterocycles. The Bertz CT molecular complexity index is 260. The van der Waals surface area contributed by atoms with E-state index in [9.17, 15) is 4.79 Å². The van der Waals surface area contributed by atoms with Gasteiger partial charge in [0.25, 0.3) is 0 Å². The van der Waals surface area contributed by atoms with Crippen molar-refractivity contribution < 1.29 is 14.6 Å². The van der Waals surface area contributed by atoms with Crippen LogP contribution in [-0.2, 0) is 9.53 Å². The van der Waals surface area contributed by atoms with Gasteiger partial charge < -0.3 is 9.84 Å². The predicted molar refractivity (Wildman–Crippen MR) is 56.1 cm³/mol. The molecular weight excluding hydrogens is 192 g/mol. The van der Waals surface area contributed by atoms with E-state index in [1.807, 2.05) is 0 Å². The molecule has 3 unspecified atom stereocenters. The molecule has 1 N–H and O–H groups in total. The molecule has 0 saturated heterocycles.